The van der Waals surface area contributed by atoms with E-state index in [1.165, 1.54) is 17.8 Å². The van der Waals surface area contributed by atoms with E-state index in [0.717, 1.165) is 12.8 Å². The van der Waals surface area contributed by atoms with Crippen molar-refractivity contribution in [2.45, 2.75) is 13.3 Å². The number of hydrogen-bond donors (Lipinski definition) is 1. The summed E-state index contributed by atoms with van der Waals surface area (Å²) in [4.78, 5) is 43.3. The molecule has 3 rings (SSSR count). The number of aryl methyl sites for hydroxylation is 1. The number of carbonyl (C=O) groups is 3. The van der Waals surface area contributed by atoms with Crippen molar-refractivity contribution in [1.82, 2.24) is 14.8 Å². The summed E-state index contributed by atoms with van der Waals surface area (Å²) in [5.41, 5.74) is 2.49. The number of amides is 3. The van der Waals surface area contributed by atoms with Crippen molar-refractivity contribution in [3.63, 3.8) is 0 Å². The molecule has 0 atom stereocenters. The lowest BCUT2D eigenvalue weighted by atomic mass is 10.1. The van der Waals surface area contributed by atoms with E-state index in [4.69, 9.17) is 0 Å². The van der Waals surface area contributed by atoms with E-state index in [0.29, 0.717) is 37.4 Å². The number of carbonyl (C=O) groups excluding carboxylic acids is 3. The molecule has 3 amide bonds. The van der Waals surface area contributed by atoms with Crippen molar-refractivity contribution in [3.05, 3.63) is 59.4 Å². The average molecular weight is 366 g/mol. The molecular weight excluding hydrogens is 344 g/mol. The zero-order valence-electron chi connectivity index (χ0n) is 15.2. The second kappa shape index (κ2) is 8.44. The molecule has 1 aromatic carbocycles. The third-order valence-corrected chi connectivity index (χ3v) is 4.61. The lowest BCUT2D eigenvalue weighted by Gasteiger charge is -2.32. The highest BCUT2D eigenvalue weighted by Crippen LogP contribution is 2.13. The maximum absolute atomic E-state index is 12.6. The van der Waals surface area contributed by atoms with Crippen molar-refractivity contribution < 1.29 is 14.4 Å². The van der Waals surface area contributed by atoms with Crippen molar-refractivity contribution >= 4 is 23.9 Å². The first-order valence-corrected chi connectivity index (χ1v) is 8.95. The Morgan fingerprint density at radius 1 is 1.11 bits per heavy atom. The molecule has 1 saturated heterocycles. The summed E-state index contributed by atoms with van der Waals surface area (Å²) >= 11 is 0. The van der Waals surface area contributed by atoms with Gasteiger partial charge in [0.25, 0.3) is 11.8 Å². The summed E-state index contributed by atoms with van der Waals surface area (Å²) < 4.78 is 0. The number of anilines is 1. The quantitative estimate of drug-likeness (QED) is 0.818. The Hall–Kier alpha value is -3.22. The Labute approximate surface area is 158 Å². The van der Waals surface area contributed by atoms with Gasteiger partial charge < -0.3 is 15.1 Å². The van der Waals surface area contributed by atoms with Gasteiger partial charge in [-0.25, -0.2) is 0 Å². The van der Waals surface area contributed by atoms with Crippen LogP contribution in [0.1, 0.15) is 33.3 Å². The van der Waals surface area contributed by atoms with Gasteiger partial charge in [0, 0.05) is 43.6 Å². The lowest BCUT2D eigenvalue weighted by Crippen LogP contribution is -2.48. The molecule has 140 valence electrons. The van der Waals surface area contributed by atoms with Crippen molar-refractivity contribution in [1.29, 1.82) is 0 Å². The molecule has 7 heteroatoms. The third kappa shape index (κ3) is 4.49. The topological polar surface area (TPSA) is 82.6 Å². The second-order valence-electron chi connectivity index (χ2n) is 6.37. The van der Waals surface area contributed by atoms with Crippen LogP contribution in [0.25, 0.3) is 0 Å². The zero-order valence-corrected chi connectivity index (χ0v) is 15.2. The number of pyridine rings is 1. The highest BCUT2D eigenvalue weighted by Gasteiger charge is 2.23. The van der Waals surface area contributed by atoms with Crippen molar-refractivity contribution in [3.8, 4) is 0 Å². The summed E-state index contributed by atoms with van der Waals surface area (Å²) in [6.07, 6.45) is 3.19. The number of hydrogen-bond acceptors (Lipinski definition) is 4. The minimum atomic E-state index is -0.290. The molecule has 0 aliphatic carbocycles. The predicted octanol–water partition coefficient (Wildman–Crippen LogP) is 1.81. The maximum Gasteiger partial charge on any atom is 0.272 e. The number of nitrogens with one attached hydrogen (secondary N) is 1. The first kappa shape index (κ1) is 18.6. The highest BCUT2D eigenvalue weighted by molar-refractivity contribution is 6.05. The van der Waals surface area contributed by atoms with Gasteiger partial charge in [-0.3, -0.25) is 19.4 Å². The van der Waals surface area contributed by atoms with Crippen LogP contribution in [-0.4, -0.2) is 59.2 Å². The van der Waals surface area contributed by atoms with Crippen LogP contribution in [0.5, 0.6) is 0 Å². The van der Waals surface area contributed by atoms with E-state index < -0.39 is 0 Å². The molecule has 1 N–H and O–H groups in total. The fourth-order valence-corrected chi connectivity index (χ4v) is 2.91. The number of benzene rings is 1. The van der Waals surface area contributed by atoms with Crippen LogP contribution in [0, 0.1) is 0 Å². The van der Waals surface area contributed by atoms with E-state index in [1.807, 2.05) is 24.3 Å². The first-order chi connectivity index (χ1) is 13.1. The molecule has 0 unspecified atom stereocenters. The average Bonchev–Trinajstić information content (AvgIpc) is 2.74. The molecule has 2 aromatic rings. The van der Waals surface area contributed by atoms with Gasteiger partial charge in [0.15, 0.2) is 0 Å². The minimum absolute atomic E-state index is 0.225. The monoisotopic (exact) mass is 366 g/mol. The standard InChI is InChI=1S/C20H22N4O3/c1-2-15-3-5-17(6-4-15)22-19(26)16-7-8-21-18(13-16)20(27)24-11-9-23(14-25)10-12-24/h3-8,13-14H,2,9-12H2,1H3,(H,22,26). The van der Waals surface area contributed by atoms with E-state index in [9.17, 15) is 14.4 Å². The van der Waals surface area contributed by atoms with E-state index in [-0.39, 0.29) is 17.5 Å². The minimum Gasteiger partial charge on any atom is -0.342 e. The lowest BCUT2D eigenvalue weighted by molar-refractivity contribution is -0.119. The van der Waals surface area contributed by atoms with Crippen LogP contribution in [0.2, 0.25) is 0 Å². The van der Waals surface area contributed by atoms with E-state index in [1.54, 1.807) is 15.9 Å². The molecule has 2 heterocycles. The Kier molecular flexibility index (Phi) is 5.80. The van der Waals surface area contributed by atoms with Gasteiger partial charge in [-0.15, -0.1) is 0 Å². The maximum atomic E-state index is 12.6. The Bertz CT molecular complexity index is 827. The normalized spacial score (nSPS) is 14.0. The summed E-state index contributed by atoms with van der Waals surface area (Å²) in [5, 5.41) is 2.83. The smallest absolute Gasteiger partial charge is 0.272 e. The molecule has 27 heavy (non-hydrogen) atoms. The Morgan fingerprint density at radius 3 is 2.44 bits per heavy atom. The van der Waals surface area contributed by atoms with Crippen LogP contribution in [0.3, 0.4) is 0 Å². The molecule has 0 spiro atoms. The third-order valence-electron chi connectivity index (χ3n) is 4.61. The fourth-order valence-electron chi connectivity index (χ4n) is 2.91. The van der Waals surface area contributed by atoms with Crippen molar-refractivity contribution in [2.75, 3.05) is 31.5 Å². The first-order valence-electron chi connectivity index (χ1n) is 8.95. The summed E-state index contributed by atoms with van der Waals surface area (Å²) in [6.45, 7) is 3.99. The van der Waals surface area contributed by atoms with Crippen LogP contribution in [-0.2, 0) is 11.2 Å². The summed E-state index contributed by atoms with van der Waals surface area (Å²) in [5.74, 6) is -0.524. The molecule has 0 saturated carbocycles. The predicted molar refractivity (Wildman–Crippen MR) is 102 cm³/mol. The van der Waals surface area contributed by atoms with Gasteiger partial charge in [0.05, 0.1) is 0 Å². The summed E-state index contributed by atoms with van der Waals surface area (Å²) in [7, 11) is 0. The SMILES string of the molecule is CCc1ccc(NC(=O)c2ccnc(C(=O)N3CCN(C=O)CC3)c2)cc1. The van der Waals surface area contributed by atoms with Gasteiger partial charge in [-0.05, 0) is 36.2 Å². The van der Waals surface area contributed by atoms with Crippen LogP contribution in [0.4, 0.5) is 5.69 Å². The largest absolute Gasteiger partial charge is 0.342 e. The van der Waals surface area contributed by atoms with E-state index >= 15 is 0 Å². The molecule has 7 nitrogen and oxygen atoms in total. The van der Waals surface area contributed by atoms with Gasteiger partial charge in [-0.2, -0.15) is 0 Å². The van der Waals surface area contributed by atoms with Crippen LogP contribution < -0.4 is 5.32 Å². The van der Waals surface area contributed by atoms with Gasteiger partial charge in [0.2, 0.25) is 6.41 Å². The molecule has 1 aromatic heterocycles. The van der Waals surface area contributed by atoms with Crippen molar-refractivity contribution in [2.24, 2.45) is 0 Å². The fraction of sp³-hybridized carbons (Fsp3) is 0.300. The molecule has 0 radical (unpaired) electrons. The van der Waals surface area contributed by atoms with Crippen LogP contribution >= 0.6 is 0 Å². The molecule has 0 bridgehead atoms. The van der Waals surface area contributed by atoms with Gasteiger partial charge in [-0.1, -0.05) is 19.1 Å². The number of nitrogens with zero attached hydrogens (tertiary/aromatic N) is 3. The zero-order chi connectivity index (χ0) is 19.2. The molecule has 1 aliphatic rings. The van der Waals surface area contributed by atoms with E-state index in [2.05, 4.69) is 17.2 Å². The number of aromatic nitrogens is 1. The van der Waals surface area contributed by atoms with Crippen LogP contribution in [0.15, 0.2) is 42.6 Å². The second-order valence-corrected chi connectivity index (χ2v) is 6.37. The number of rotatable bonds is 5. The highest BCUT2D eigenvalue weighted by atomic mass is 16.2. The molecule has 1 aliphatic heterocycles. The molecule has 1 fully saturated rings. The van der Waals surface area contributed by atoms with Gasteiger partial charge >= 0.3 is 0 Å². The number of piperazine rings is 1. The Morgan fingerprint density at radius 2 is 1.81 bits per heavy atom. The summed E-state index contributed by atoms with van der Waals surface area (Å²) in [6, 6.07) is 10.7. The van der Waals surface area contributed by atoms with Gasteiger partial charge in [0.1, 0.15) is 5.69 Å². The molecular formula is C20H22N4O3. The Balaban J connectivity index is 1.68.